The molecule has 0 N–H and O–H groups in total. The van der Waals surface area contributed by atoms with E-state index in [0.717, 1.165) is 0 Å². The highest BCUT2D eigenvalue weighted by molar-refractivity contribution is 5.91. The smallest absolute Gasteiger partial charge is 0.0159 e. The second kappa shape index (κ2) is 9.05. The Balaban J connectivity index is 1.16. The highest BCUT2D eigenvalue weighted by Crippen LogP contribution is 2.52. The van der Waals surface area contributed by atoms with Crippen LogP contribution in [0.3, 0.4) is 0 Å². The third-order valence-electron chi connectivity index (χ3n) is 10.6. The van der Waals surface area contributed by atoms with Gasteiger partial charge in [-0.25, -0.2) is 0 Å². The average Bonchev–Trinajstić information content (AvgIpc) is 3.39. The lowest BCUT2D eigenvalue weighted by Crippen LogP contribution is -2.15. The Morgan fingerprint density at radius 1 is 0.386 bits per heavy atom. The van der Waals surface area contributed by atoms with E-state index < -0.39 is 0 Å². The Hall–Kier alpha value is -4.42. The van der Waals surface area contributed by atoms with E-state index in [0.29, 0.717) is 0 Å². The van der Waals surface area contributed by atoms with Gasteiger partial charge in [-0.05, 0) is 113 Å². The predicted molar refractivity (Wildman–Crippen MR) is 189 cm³/mol. The summed E-state index contributed by atoms with van der Waals surface area (Å²) in [7, 11) is 0. The average molecular weight is 569 g/mol. The standard InChI is InChI=1S/C44H40/c1-42(2,3)33-18-14-28-22-27(12-13-29(28)23-33)30-15-20-36-37-21-17-32(26-41(37)44(6,7)40(36)24-30)31-16-19-35-34-10-8-9-11-38(34)43(4,5)39(35)25-31/h8-26H,1-7H3. The van der Waals surface area contributed by atoms with Gasteiger partial charge in [0.1, 0.15) is 0 Å². The van der Waals surface area contributed by atoms with Crippen molar-refractivity contribution in [2.45, 2.75) is 64.7 Å². The molecule has 0 saturated carbocycles. The summed E-state index contributed by atoms with van der Waals surface area (Å²) in [5, 5.41) is 2.60. The summed E-state index contributed by atoms with van der Waals surface area (Å²) >= 11 is 0. The molecular formula is C44H40. The minimum atomic E-state index is -0.0820. The zero-order valence-corrected chi connectivity index (χ0v) is 27.0. The van der Waals surface area contributed by atoms with E-state index in [-0.39, 0.29) is 16.2 Å². The van der Waals surface area contributed by atoms with E-state index in [1.807, 2.05) is 0 Å². The molecule has 6 aromatic carbocycles. The quantitative estimate of drug-likeness (QED) is 0.195. The van der Waals surface area contributed by atoms with Crippen LogP contribution in [0.1, 0.15) is 76.3 Å². The minimum Gasteiger partial charge on any atom is -0.0619 e. The molecule has 0 amide bonds. The van der Waals surface area contributed by atoms with E-state index in [1.165, 1.54) is 83.1 Å². The first-order valence-electron chi connectivity index (χ1n) is 16.0. The van der Waals surface area contributed by atoms with Crippen molar-refractivity contribution in [3.8, 4) is 44.5 Å². The molecule has 0 nitrogen and oxygen atoms in total. The van der Waals surface area contributed by atoms with Crippen molar-refractivity contribution in [1.29, 1.82) is 0 Å². The van der Waals surface area contributed by atoms with E-state index in [2.05, 4.69) is 164 Å². The van der Waals surface area contributed by atoms with Gasteiger partial charge in [-0.15, -0.1) is 0 Å². The molecule has 6 aromatic rings. The largest absolute Gasteiger partial charge is 0.0619 e. The summed E-state index contributed by atoms with van der Waals surface area (Å²) < 4.78 is 0. The molecule has 0 heterocycles. The number of fused-ring (bicyclic) bond motifs is 7. The second-order valence-electron chi connectivity index (χ2n) is 15.1. The van der Waals surface area contributed by atoms with Crippen LogP contribution in [-0.4, -0.2) is 0 Å². The van der Waals surface area contributed by atoms with Crippen LogP contribution in [0.2, 0.25) is 0 Å². The van der Waals surface area contributed by atoms with Gasteiger partial charge >= 0.3 is 0 Å². The molecule has 0 bridgehead atoms. The highest BCUT2D eigenvalue weighted by Gasteiger charge is 2.37. The first-order chi connectivity index (χ1) is 20.9. The predicted octanol–water partition coefficient (Wildman–Crippen LogP) is 12.1. The molecule has 0 aromatic heterocycles. The maximum Gasteiger partial charge on any atom is 0.0159 e. The Bertz CT molecular complexity index is 2140. The SMILES string of the molecule is CC(C)(C)c1ccc2cc(-c3ccc4c(c3)C(C)(C)c3cc(-c5ccc6c(c5)C(C)(C)c5ccccc5-6)ccc3-4)ccc2c1. The second-order valence-corrected chi connectivity index (χ2v) is 15.1. The molecule has 0 spiro atoms. The van der Waals surface area contributed by atoms with E-state index >= 15 is 0 Å². The van der Waals surface area contributed by atoms with Gasteiger partial charge in [0.15, 0.2) is 0 Å². The summed E-state index contributed by atoms with van der Waals surface area (Å²) in [5.74, 6) is 0. The van der Waals surface area contributed by atoms with Crippen LogP contribution < -0.4 is 0 Å². The summed E-state index contributed by atoms with van der Waals surface area (Å²) in [5.41, 5.74) is 17.8. The molecule has 2 aliphatic rings. The lowest BCUT2D eigenvalue weighted by Gasteiger charge is -2.23. The van der Waals surface area contributed by atoms with Crippen molar-refractivity contribution in [1.82, 2.24) is 0 Å². The lowest BCUT2D eigenvalue weighted by molar-refractivity contribution is 0.591. The molecule has 44 heavy (non-hydrogen) atoms. The fraction of sp³-hybridized carbons (Fsp3) is 0.227. The molecule has 0 aliphatic heterocycles. The van der Waals surface area contributed by atoms with Gasteiger partial charge in [0.2, 0.25) is 0 Å². The van der Waals surface area contributed by atoms with Crippen molar-refractivity contribution in [2.75, 3.05) is 0 Å². The third-order valence-corrected chi connectivity index (χ3v) is 10.6. The van der Waals surface area contributed by atoms with Gasteiger partial charge in [-0.3, -0.25) is 0 Å². The van der Waals surface area contributed by atoms with Crippen LogP contribution in [0.4, 0.5) is 0 Å². The van der Waals surface area contributed by atoms with Crippen molar-refractivity contribution >= 4 is 10.8 Å². The summed E-state index contributed by atoms with van der Waals surface area (Å²) in [6, 6.07) is 44.1. The molecule has 0 heteroatoms. The first kappa shape index (κ1) is 27.2. The normalized spacial score (nSPS) is 15.5. The van der Waals surface area contributed by atoms with Gasteiger partial charge in [0.25, 0.3) is 0 Å². The number of rotatable bonds is 2. The molecule has 8 rings (SSSR count). The van der Waals surface area contributed by atoms with Crippen LogP contribution in [0.25, 0.3) is 55.3 Å². The van der Waals surface area contributed by atoms with E-state index in [1.54, 1.807) is 0 Å². The monoisotopic (exact) mass is 568 g/mol. The molecule has 0 unspecified atom stereocenters. The zero-order valence-electron chi connectivity index (χ0n) is 27.0. The fourth-order valence-corrected chi connectivity index (χ4v) is 7.87. The summed E-state index contributed by atoms with van der Waals surface area (Å²) in [6.07, 6.45) is 0. The Labute approximate surface area is 262 Å². The topological polar surface area (TPSA) is 0 Å². The Kier molecular flexibility index (Phi) is 5.59. The zero-order chi connectivity index (χ0) is 30.6. The van der Waals surface area contributed by atoms with Gasteiger partial charge in [0, 0.05) is 10.8 Å². The van der Waals surface area contributed by atoms with Crippen LogP contribution in [-0.2, 0) is 16.2 Å². The number of benzene rings is 6. The van der Waals surface area contributed by atoms with Gasteiger partial charge in [-0.2, -0.15) is 0 Å². The van der Waals surface area contributed by atoms with E-state index in [9.17, 15) is 0 Å². The van der Waals surface area contributed by atoms with Gasteiger partial charge in [0.05, 0.1) is 0 Å². The number of hydrogen-bond donors (Lipinski definition) is 0. The molecule has 0 radical (unpaired) electrons. The molecule has 2 aliphatic carbocycles. The van der Waals surface area contributed by atoms with Crippen LogP contribution in [0.15, 0.2) is 115 Å². The van der Waals surface area contributed by atoms with Crippen molar-refractivity contribution < 1.29 is 0 Å². The number of hydrogen-bond acceptors (Lipinski definition) is 0. The Morgan fingerprint density at radius 3 is 1.34 bits per heavy atom. The van der Waals surface area contributed by atoms with Gasteiger partial charge in [-0.1, -0.05) is 139 Å². The minimum absolute atomic E-state index is 0.00220. The first-order valence-corrected chi connectivity index (χ1v) is 16.0. The molecule has 0 atom stereocenters. The summed E-state index contributed by atoms with van der Waals surface area (Å²) in [4.78, 5) is 0. The fourth-order valence-electron chi connectivity index (χ4n) is 7.87. The summed E-state index contributed by atoms with van der Waals surface area (Å²) in [6.45, 7) is 16.3. The van der Waals surface area contributed by atoms with Crippen molar-refractivity contribution in [3.63, 3.8) is 0 Å². The maximum absolute atomic E-state index is 2.45. The van der Waals surface area contributed by atoms with Crippen molar-refractivity contribution in [2.24, 2.45) is 0 Å². The van der Waals surface area contributed by atoms with Crippen LogP contribution in [0, 0.1) is 0 Å². The lowest BCUT2D eigenvalue weighted by atomic mass is 9.80. The van der Waals surface area contributed by atoms with Crippen molar-refractivity contribution in [3.05, 3.63) is 143 Å². The van der Waals surface area contributed by atoms with Gasteiger partial charge < -0.3 is 0 Å². The maximum atomic E-state index is 2.45. The highest BCUT2D eigenvalue weighted by atomic mass is 14.4. The van der Waals surface area contributed by atoms with Crippen LogP contribution in [0.5, 0.6) is 0 Å². The van der Waals surface area contributed by atoms with Crippen LogP contribution >= 0.6 is 0 Å². The Morgan fingerprint density at radius 2 is 0.795 bits per heavy atom. The molecular weight excluding hydrogens is 528 g/mol. The van der Waals surface area contributed by atoms with E-state index in [4.69, 9.17) is 0 Å². The third kappa shape index (κ3) is 3.90. The molecule has 0 fully saturated rings. The molecule has 0 saturated heterocycles. The molecule has 216 valence electrons.